The van der Waals surface area contributed by atoms with E-state index in [2.05, 4.69) is 9.44 Å². The van der Waals surface area contributed by atoms with Gasteiger partial charge in [-0.3, -0.25) is 9.44 Å². The van der Waals surface area contributed by atoms with E-state index in [1.807, 2.05) is 27.7 Å². The molecule has 0 aromatic heterocycles. The van der Waals surface area contributed by atoms with E-state index in [0.717, 1.165) is 0 Å². The first-order valence-corrected chi connectivity index (χ1v) is 6.55. The minimum Gasteiger partial charge on any atom is -0.265 e. The molecule has 4 nitrogen and oxygen atoms in total. The lowest BCUT2D eigenvalue weighted by Crippen LogP contribution is -2.12. The molecule has 0 fully saturated rings. The van der Waals surface area contributed by atoms with Crippen molar-refractivity contribution in [3.63, 3.8) is 0 Å². The van der Waals surface area contributed by atoms with Crippen molar-refractivity contribution >= 4 is 21.6 Å². The third kappa shape index (κ3) is 3.79. The van der Waals surface area contributed by atoms with E-state index in [0.29, 0.717) is 11.4 Å². The maximum absolute atomic E-state index is 10.9. The Kier molecular flexibility index (Phi) is 5.77. The van der Waals surface area contributed by atoms with Crippen molar-refractivity contribution in [2.75, 3.05) is 9.44 Å². The molecular weight excluding hydrogens is 212 g/mol. The number of benzene rings is 1. The summed E-state index contributed by atoms with van der Waals surface area (Å²) in [6.45, 7) is 8.00. The molecule has 0 bridgehead atoms. The van der Waals surface area contributed by atoms with Crippen LogP contribution in [0.4, 0.5) is 11.4 Å². The van der Waals surface area contributed by atoms with Crippen LogP contribution in [-0.2, 0) is 10.2 Å². The van der Waals surface area contributed by atoms with Gasteiger partial charge in [-0.15, -0.1) is 0 Å². The van der Waals surface area contributed by atoms with Crippen LogP contribution in [0.2, 0.25) is 0 Å². The van der Waals surface area contributed by atoms with Crippen LogP contribution < -0.4 is 9.44 Å². The highest BCUT2D eigenvalue weighted by Gasteiger charge is 2.20. The summed E-state index contributed by atoms with van der Waals surface area (Å²) in [7, 11) is -3.31. The maximum Gasteiger partial charge on any atom is 0.321 e. The molecule has 1 aromatic carbocycles. The molecule has 0 saturated carbocycles. The van der Waals surface area contributed by atoms with Gasteiger partial charge in [0.2, 0.25) is 0 Å². The van der Waals surface area contributed by atoms with Crippen molar-refractivity contribution in [1.82, 2.24) is 0 Å². The number of nitrogens with one attached hydrogen (secondary N) is 2. The first-order valence-electron chi connectivity index (χ1n) is 5.07. The van der Waals surface area contributed by atoms with Gasteiger partial charge in [0.25, 0.3) is 0 Å². The Morgan fingerprint density at radius 2 is 1.20 bits per heavy atom. The zero-order valence-corrected chi connectivity index (χ0v) is 10.4. The van der Waals surface area contributed by atoms with Gasteiger partial charge in [-0.1, -0.05) is 39.8 Å². The average Bonchev–Trinajstić information content (AvgIpc) is 2.57. The quantitative estimate of drug-likeness (QED) is 0.720. The predicted octanol–water partition coefficient (Wildman–Crippen LogP) is 2.82. The Bertz CT molecular complexity index is 357. The van der Waals surface area contributed by atoms with Crippen LogP contribution in [0, 0.1) is 0 Å². The van der Waals surface area contributed by atoms with Gasteiger partial charge in [0.05, 0.1) is 11.4 Å². The van der Waals surface area contributed by atoms with Crippen LogP contribution in [0.3, 0.4) is 0 Å². The minimum absolute atomic E-state index is 0.604. The third-order valence-corrected chi connectivity index (χ3v) is 2.39. The number of para-hydroxylation sites is 2. The number of anilines is 2. The Hall–Kier alpha value is -1.23. The van der Waals surface area contributed by atoms with Crippen LogP contribution in [0.15, 0.2) is 24.3 Å². The Labute approximate surface area is 91.9 Å². The van der Waals surface area contributed by atoms with Crippen LogP contribution in [0.5, 0.6) is 0 Å². The molecule has 0 unspecified atom stereocenters. The summed E-state index contributed by atoms with van der Waals surface area (Å²) >= 11 is 0. The standard InChI is InChI=1S/C6H6N2O2S.2C2H6/c9-11(10)7-5-3-1-2-4-6(5)8-11;2*1-2/h1-4,7-8H;2*1-2H3. The van der Waals surface area contributed by atoms with Gasteiger partial charge >= 0.3 is 10.2 Å². The first-order chi connectivity index (χ1) is 7.17. The molecule has 0 aliphatic carbocycles. The molecule has 1 aliphatic rings. The summed E-state index contributed by atoms with van der Waals surface area (Å²) in [6, 6.07) is 6.95. The first kappa shape index (κ1) is 13.8. The van der Waals surface area contributed by atoms with Crippen molar-refractivity contribution in [1.29, 1.82) is 0 Å². The Balaban J connectivity index is 0.000000442. The largest absolute Gasteiger partial charge is 0.321 e. The Morgan fingerprint density at radius 1 is 0.867 bits per heavy atom. The molecule has 1 aliphatic heterocycles. The average molecular weight is 230 g/mol. The van der Waals surface area contributed by atoms with Crippen molar-refractivity contribution in [3.8, 4) is 0 Å². The smallest absolute Gasteiger partial charge is 0.265 e. The fourth-order valence-corrected chi connectivity index (χ4v) is 1.96. The van der Waals surface area contributed by atoms with Crippen molar-refractivity contribution in [3.05, 3.63) is 24.3 Å². The zero-order valence-electron chi connectivity index (χ0n) is 9.53. The molecule has 0 atom stereocenters. The molecule has 0 saturated heterocycles. The lowest BCUT2D eigenvalue weighted by atomic mass is 10.3. The fraction of sp³-hybridized carbons (Fsp3) is 0.400. The molecule has 86 valence electrons. The molecule has 15 heavy (non-hydrogen) atoms. The van der Waals surface area contributed by atoms with Gasteiger partial charge in [-0.25, -0.2) is 0 Å². The maximum atomic E-state index is 10.9. The van der Waals surface area contributed by atoms with E-state index >= 15 is 0 Å². The summed E-state index contributed by atoms with van der Waals surface area (Å²) in [5.41, 5.74) is 1.21. The van der Waals surface area contributed by atoms with E-state index in [4.69, 9.17) is 0 Å². The molecule has 1 heterocycles. The fourth-order valence-electron chi connectivity index (χ4n) is 0.976. The summed E-state index contributed by atoms with van der Waals surface area (Å²) in [5.74, 6) is 0. The number of hydrogen-bond donors (Lipinski definition) is 2. The van der Waals surface area contributed by atoms with Gasteiger partial charge < -0.3 is 0 Å². The predicted molar refractivity (Wildman–Crippen MR) is 65.3 cm³/mol. The molecule has 2 rings (SSSR count). The number of fused-ring (bicyclic) bond motifs is 1. The van der Waals surface area contributed by atoms with Crippen molar-refractivity contribution in [2.24, 2.45) is 0 Å². The Morgan fingerprint density at radius 3 is 1.53 bits per heavy atom. The lowest BCUT2D eigenvalue weighted by molar-refractivity contribution is 0.607. The van der Waals surface area contributed by atoms with Gasteiger partial charge in [0.15, 0.2) is 0 Å². The van der Waals surface area contributed by atoms with Crippen LogP contribution >= 0.6 is 0 Å². The van der Waals surface area contributed by atoms with Crippen LogP contribution in [0.1, 0.15) is 27.7 Å². The van der Waals surface area contributed by atoms with Crippen molar-refractivity contribution < 1.29 is 8.42 Å². The van der Waals surface area contributed by atoms with E-state index in [9.17, 15) is 8.42 Å². The van der Waals surface area contributed by atoms with Gasteiger partial charge in [-0.2, -0.15) is 8.42 Å². The van der Waals surface area contributed by atoms with Crippen molar-refractivity contribution in [2.45, 2.75) is 27.7 Å². The topological polar surface area (TPSA) is 58.2 Å². The van der Waals surface area contributed by atoms with Gasteiger partial charge in [0.1, 0.15) is 0 Å². The van der Waals surface area contributed by atoms with E-state index in [-0.39, 0.29) is 0 Å². The highest BCUT2D eigenvalue weighted by atomic mass is 32.2. The molecular formula is C10H18N2O2S. The molecule has 5 heteroatoms. The second kappa shape index (κ2) is 6.29. The lowest BCUT2D eigenvalue weighted by Gasteiger charge is -1.90. The molecule has 0 spiro atoms. The van der Waals surface area contributed by atoms with Crippen LogP contribution in [0.25, 0.3) is 0 Å². The SMILES string of the molecule is CC.CC.O=S1(=O)Nc2ccccc2N1. The molecule has 0 amide bonds. The normalized spacial score (nSPS) is 14.1. The monoisotopic (exact) mass is 230 g/mol. The molecule has 1 aromatic rings. The molecule has 2 N–H and O–H groups in total. The van der Waals surface area contributed by atoms with Gasteiger partial charge in [-0.05, 0) is 12.1 Å². The second-order valence-corrected chi connectivity index (χ2v) is 3.67. The summed E-state index contributed by atoms with van der Waals surface area (Å²) in [4.78, 5) is 0. The van der Waals surface area contributed by atoms with Crippen LogP contribution in [-0.4, -0.2) is 8.42 Å². The van der Waals surface area contributed by atoms with Gasteiger partial charge in [0, 0.05) is 0 Å². The number of rotatable bonds is 0. The molecule has 0 radical (unpaired) electrons. The zero-order chi connectivity index (χ0) is 11.9. The summed E-state index contributed by atoms with van der Waals surface area (Å²) in [6.07, 6.45) is 0. The number of hydrogen-bond acceptors (Lipinski definition) is 2. The van der Waals surface area contributed by atoms with E-state index < -0.39 is 10.2 Å². The minimum atomic E-state index is -3.31. The van der Waals surface area contributed by atoms with E-state index in [1.165, 1.54) is 0 Å². The summed E-state index contributed by atoms with van der Waals surface area (Å²) in [5, 5.41) is 0. The highest BCUT2D eigenvalue weighted by Crippen LogP contribution is 2.28. The third-order valence-electron chi connectivity index (χ3n) is 1.42. The van der Waals surface area contributed by atoms with E-state index in [1.54, 1.807) is 24.3 Å². The highest BCUT2D eigenvalue weighted by molar-refractivity contribution is 7.94. The second-order valence-electron chi connectivity index (χ2n) is 2.25. The summed E-state index contributed by atoms with van der Waals surface area (Å²) < 4.78 is 26.4.